The SMILES string of the molecule is CCCCCCCCCCCCCCCCCCCCC=CC1=C(c2cccc(CCCC)c2)[N+](=[N-])C(c2cccc(CCCC)c2)=C1CCCC.CCCCCCCCCCCCCC[CH2][Pd][CH2]CCCCCCCCCCCCCC. The monoisotopic (exact) mass is 1240 g/mol. The standard InChI is InChI=1S/C50H78N2.2C15H31.Pd/c1-5-9-13-14-15-16-17-18-19-20-21-22-23-24-25-26-27-28-29-30-40-48-47(39-12-8-4)49(45-37-31-35-43(41-45)33-10-6-2)52(51)50(48)46-38-32-36-44(42-46)34-11-7-3;2*1-3-5-7-9-11-13-15-14-12-10-8-6-4-2;/h30-32,35-38,40-42H,5-29,33-34,39H2,1-4H3;2*1,3-15H2,2H3;. The molecule has 2 aromatic carbocycles. The normalized spacial score (nSPS) is 12.7. The van der Waals surface area contributed by atoms with E-state index in [-0.39, 0.29) is 0 Å². The van der Waals surface area contributed by atoms with Gasteiger partial charge < -0.3 is 5.53 Å². The molecular weight excluding hydrogens is 1100 g/mol. The molecule has 3 heteroatoms. The Morgan fingerprint density at radius 3 is 0.952 bits per heavy atom. The molecule has 0 saturated carbocycles. The van der Waals surface area contributed by atoms with Gasteiger partial charge >= 0.3 is 169 Å². The summed E-state index contributed by atoms with van der Waals surface area (Å²) in [4.78, 5) is 3.09. The molecule has 3 rings (SSSR count). The minimum absolute atomic E-state index is 0.951. The van der Waals surface area contributed by atoms with Crippen LogP contribution in [-0.4, -0.2) is 4.70 Å². The van der Waals surface area contributed by atoms with Crippen LogP contribution in [0.2, 0.25) is 9.79 Å². The van der Waals surface area contributed by atoms with Crippen LogP contribution in [-0.2, 0) is 30.8 Å². The molecule has 0 amide bonds. The zero-order valence-corrected chi connectivity index (χ0v) is 58.1. The number of hydrogen-bond donors (Lipinski definition) is 0. The van der Waals surface area contributed by atoms with Gasteiger partial charge in [-0.05, 0) is 86.8 Å². The molecule has 0 radical (unpaired) electrons. The van der Waals surface area contributed by atoms with Crippen LogP contribution in [0.15, 0.2) is 71.8 Å². The molecule has 480 valence electrons. The third-order valence-corrected chi connectivity index (χ3v) is 20.0. The van der Waals surface area contributed by atoms with Crippen molar-refractivity contribution in [2.24, 2.45) is 0 Å². The second-order valence-electron chi connectivity index (χ2n) is 25.8. The fourth-order valence-corrected chi connectivity index (χ4v) is 14.2. The summed E-state index contributed by atoms with van der Waals surface area (Å²) in [5.41, 5.74) is 21.5. The summed E-state index contributed by atoms with van der Waals surface area (Å²) in [5, 5.41) is 0. The maximum absolute atomic E-state index is 12.1. The number of nitrogens with zero attached hydrogens (tertiary/aromatic N) is 2. The van der Waals surface area contributed by atoms with Crippen LogP contribution in [0.4, 0.5) is 0 Å². The van der Waals surface area contributed by atoms with Gasteiger partial charge in [-0.25, -0.2) is 4.70 Å². The van der Waals surface area contributed by atoms with Crippen molar-refractivity contribution in [2.75, 3.05) is 0 Å². The first-order chi connectivity index (χ1) is 41.1. The summed E-state index contributed by atoms with van der Waals surface area (Å²) in [7, 11) is 0. The number of aryl methyl sites for hydroxylation is 2. The number of unbranched alkanes of at least 4 members (excludes halogenated alkanes) is 45. The molecule has 0 bridgehead atoms. The summed E-state index contributed by atoms with van der Waals surface area (Å²) in [6.45, 7) is 13.7. The van der Waals surface area contributed by atoms with E-state index < -0.39 is 0 Å². The van der Waals surface area contributed by atoms with Crippen LogP contribution in [0.5, 0.6) is 0 Å². The molecule has 1 aliphatic heterocycles. The van der Waals surface area contributed by atoms with E-state index in [1.165, 1.54) is 330 Å². The number of hydrogen-bond acceptors (Lipinski definition) is 0. The van der Waals surface area contributed by atoms with Crippen LogP contribution in [0.25, 0.3) is 16.9 Å². The van der Waals surface area contributed by atoms with E-state index in [4.69, 9.17) is 0 Å². The molecule has 0 saturated heterocycles. The van der Waals surface area contributed by atoms with Gasteiger partial charge in [0.15, 0.2) is 0 Å². The van der Waals surface area contributed by atoms with Gasteiger partial charge in [-0.3, -0.25) is 0 Å². The summed E-state index contributed by atoms with van der Waals surface area (Å²) in [5.74, 6) is 0. The Kier molecular flexibility index (Phi) is 54.7. The van der Waals surface area contributed by atoms with E-state index in [2.05, 4.69) is 102 Å². The van der Waals surface area contributed by atoms with Gasteiger partial charge in [0, 0.05) is 16.7 Å². The van der Waals surface area contributed by atoms with Crippen molar-refractivity contribution in [3.05, 3.63) is 99.6 Å². The van der Waals surface area contributed by atoms with E-state index in [9.17, 15) is 5.53 Å². The smallest absolute Gasteiger partial charge is 0.0654 e. The van der Waals surface area contributed by atoms with E-state index in [1.807, 2.05) is 0 Å². The first-order valence-electron chi connectivity index (χ1n) is 37.3. The average molecular weight is 1240 g/mol. The van der Waals surface area contributed by atoms with Crippen LogP contribution in [0.1, 0.15) is 398 Å². The van der Waals surface area contributed by atoms with Gasteiger partial charge in [0.05, 0.1) is 5.57 Å². The van der Waals surface area contributed by atoms with Gasteiger partial charge in [0.1, 0.15) is 0 Å². The van der Waals surface area contributed by atoms with E-state index >= 15 is 0 Å². The maximum atomic E-state index is 12.1. The minimum Gasteiger partial charge on any atom is -0.0654 e. The van der Waals surface area contributed by atoms with E-state index in [1.54, 1.807) is 14.5 Å². The molecule has 0 fully saturated rings. The van der Waals surface area contributed by atoms with Crippen molar-refractivity contribution in [3.8, 4) is 0 Å². The van der Waals surface area contributed by atoms with Crippen molar-refractivity contribution >= 4 is 11.4 Å². The van der Waals surface area contributed by atoms with Gasteiger partial charge in [-0.15, -0.1) is 0 Å². The van der Waals surface area contributed by atoms with Crippen LogP contribution >= 0.6 is 0 Å². The number of rotatable bonds is 59. The van der Waals surface area contributed by atoms with Crippen molar-refractivity contribution in [1.29, 1.82) is 0 Å². The summed E-state index contributed by atoms with van der Waals surface area (Å²) in [6, 6.07) is 17.9. The number of allylic oxidation sites excluding steroid dienone is 4. The van der Waals surface area contributed by atoms with E-state index in [0.717, 1.165) is 79.0 Å². The Bertz CT molecular complexity index is 1820. The summed E-state index contributed by atoms with van der Waals surface area (Å²) < 4.78 is 1.54. The van der Waals surface area contributed by atoms with Crippen molar-refractivity contribution in [2.45, 2.75) is 398 Å². The Morgan fingerprint density at radius 2 is 0.614 bits per heavy atom. The topological polar surface area (TPSA) is 25.3 Å². The fourth-order valence-electron chi connectivity index (χ4n) is 12.3. The molecule has 1 heterocycles. The number of benzene rings is 2. The second kappa shape index (κ2) is 58.9. The average Bonchev–Trinajstić information content (AvgIpc) is 2.92. The molecule has 0 atom stereocenters. The summed E-state index contributed by atoms with van der Waals surface area (Å²) >= 11 is 1.06. The Morgan fingerprint density at radius 1 is 0.325 bits per heavy atom. The Balaban J connectivity index is 0.000000649. The van der Waals surface area contributed by atoms with E-state index in [0.29, 0.717) is 0 Å². The van der Waals surface area contributed by atoms with Gasteiger partial charge in [0.2, 0.25) is 11.4 Å². The molecule has 2 aromatic rings. The van der Waals surface area contributed by atoms with Crippen LogP contribution < -0.4 is 0 Å². The molecular formula is C80H140N2Pd. The van der Waals surface area contributed by atoms with Gasteiger partial charge in [0.25, 0.3) is 0 Å². The molecule has 0 aliphatic carbocycles. The first kappa shape index (κ1) is 77.0. The van der Waals surface area contributed by atoms with Crippen molar-refractivity contribution in [3.63, 3.8) is 0 Å². The Hall–Kier alpha value is -2.08. The first-order valence-corrected chi connectivity index (χ1v) is 39.5. The summed E-state index contributed by atoms with van der Waals surface area (Å²) in [6.07, 6.45) is 79.9. The molecule has 0 aromatic heterocycles. The molecule has 0 unspecified atom stereocenters. The van der Waals surface area contributed by atoms with Crippen molar-refractivity contribution < 1.29 is 22.7 Å². The quantitative estimate of drug-likeness (QED) is 0.0358. The second-order valence-corrected chi connectivity index (χ2v) is 28.1. The van der Waals surface area contributed by atoms with Gasteiger partial charge in [-0.1, -0.05) is 232 Å². The Labute approximate surface area is 528 Å². The van der Waals surface area contributed by atoms with Crippen molar-refractivity contribution in [1.82, 2.24) is 0 Å². The predicted molar refractivity (Wildman–Crippen MR) is 371 cm³/mol. The van der Waals surface area contributed by atoms with Crippen LogP contribution in [0, 0.1) is 0 Å². The third-order valence-electron chi connectivity index (χ3n) is 17.8. The molecule has 2 nitrogen and oxygen atoms in total. The predicted octanol–water partition coefficient (Wildman–Crippen LogP) is 28.8. The molecule has 0 spiro atoms. The minimum atomic E-state index is 0.951. The van der Waals surface area contributed by atoms with Gasteiger partial charge in [-0.2, -0.15) is 0 Å². The molecule has 83 heavy (non-hydrogen) atoms. The molecule has 0 N–H and O–H groups in total. The molecule has 1 aliphatic rings. The zero-order chi connectivity index (χ0) is 59.6. The third kappa shape index (κ3) is 41.7. The van der Waals surface area contributed by atoms with Crippen LogP contribution in [0.3, 0.4) is 0 Å². The zero-order valence-electron chi connectivity index (χ0n) is 56.6. The fraction of sp³-hybridized carbons (Fsp3) is 0.775.